The van der Waals surface area contributed by atoms with E-state index in [1.807, 2.05) is 44.2 Å². The lowest BCUT2D eigenvalue weighted by Crippen LogP contribution is -2.38. The topological polar surface area (TPSA) is 55.8 Å². The number of nitrogens with zero attached hydrogens (tertiary/aromatic N) is 1. The molecule has 0 bridgehead atoms. The van der Waals surface area contributed by atoms with Crippen LogP contribution in [-0.2, 0) is 25.6 Å². The normalized spacial score (nSPS) is 10.5. The van der Waals surface area contributed by atoms with Crippen LogP contribution in [0.1, 0.15) is 26.3 Å². The monoisotopic (exact) mass is 293 g/mol. The molecule has 0 fully saturated rings. The molecule has 0 N–H and O–H groups in total. The summed E-state index contributed by atoms with van der Waals surface area (Å²) in [6.07, 6.45) is -0.0323. The Balaban J connectivity index is 2.69. The van der Waals surface area contributed by atoms with Crippen molar-refractivity contribution in [2.45, 2.75) is 33.4 Å². The molecule has 0 heterocycles. The molecule has 1 aromatic rings. The molecule has 0 radical (unpaired) electrons. The van der Waals surface area contributed by atoms with E-state index >= 15 is 0 Å². The molecule has 0 saturated heterocycles. The van der Waals surface area contributed by atoms with Crippen LogP contribution in [0.4, 0.5) is 0 Å². The van der Waals surface area contributed by atoms with Gasteiger partial charge >= 0.3 is 5.97 Å². The first kappa shape index (κ1) is 17.2. The van der Waals surface area contributed by atoms with Crippen molar-refractivity contribution >= 4 is 11.9 Å². The van der Waals surface area contributed by atoms with E-state index < -0.39 is 5.97 Å². The fraction of sp³-hybridized carbons (Fsp3) is 0.500. The summed E-state index contributed by atoms with van der Waals surface area (Å²) in [6, 6.07) is 9.52. The Kier molecular flexibility index (Phi) is 7.46. The Hall–Kier alpha value is -1.88. The van der Waals surface area contributed by atoms with Gasteiger partial charge < -0.3 is 14.4 Å². The molecule has 5 heteroatoms. The maximum absolute atomic E-state index is 12.2. The first-order valence-electron chi connectivity index (χ1n) is 7.11. The quantitative estimate of drug-likeness (QED) is 0.688. The average Bonchev–Trinajstić information content (AvgIpc) is 2.45. The Morgan fingerprint density at radius 1 is 1.19 bits per heavy atom. The lowest BCUT2D eigenvalue weighted by molar-refractivity contribution is -0.151. The van der Waals surface area contributed by atoms with Crippen molar-refractivity contribution in [3.05, 3.63) is 35.9 Å². The van der Waals surface area contributed by atoms with Gasteiger partial charge in [0.25, 0.3) is 0 Å². The van der Waals surface area contributed by atoms with Crippen LogP contribution in [0.5, 0.6) is 0 Å². The van der Waals surface area contributed by atoms with Crippen molar-refractivity contribution in [2.24, 2.45) is 0 Å². The van der Waals surface area contributed by atoms with Gasteiger partial charge in [-0.1, -0.05) is 30.3 Å². The zero-order chi connectivity index (χ0) is 15.7. The molecule has 1 aromatic carbocycles. The predicted octanol–water partition coefficient (Wildman–Crippen LogP) is 2.00. The maximum atomic E-state index is 12.2. The second kappa shape index (κ2) is 9.13. The molecule has 0 aliphatic rings. The predicted molar refractivity (Wildman–Crippen MR) is 79.6 cm³/mol. The van der Waals surface area contributed by atoms with Crippen molar-refractivity contribution < 1.29 is 19.1 Å². The number of hydrogen-bond donors (Lipinski definition) is 0. The Morgan fingerprint density at radius 3 is 2.43 bits per heavy atom. The minimum absolute atomic E-state index is 0.0323. The number of ether oxygens (including phenoxy) is 2. The third kappa shape index (κ3) is 6.90. The Bertz CT molecular complexity index is 445. The molecule has 0 unspecified atom stereocenters. The van der Waals surface area contributed by atoms with Crippen molar-refractivity contribution in [1.29, 1.82) is 0 Å². The highest BCUT2D eigenvalue weighted by Gasteiger charge is 2.18. The first-order valence-corrected chi connectivity index (χ1v) is 7.11. The van der Waals surface area contributed by atoms with Gasteiger partial charge in [0.15, 0.2) is 0 Å². The number of hydrogen-bond acceptors (Lipinski definition) is 4. The number of carbonyl (C=O) groups is 2. The summed E-state index contributed by atoms with van der Waals surface area (Å²) in [6.45, 7) is 6.02. The van der Waals surface area contributed by atoms with Crippen molar-refractivity contribution in [3.63, 3.8) is 0 Å². The molecular weight excluding hydrogens is 270 g/mol. The summed E-state index contributed by atoms with van der Waals surface area (Å²) in [5.41, 5.74) is 0.958. The van der Waals surface area contributed by atoms with Crippen LogP contribution in [0.3, 0.4) is 0 Å². The van der Waals surface area contributed by atoms with E-state index in [-0.39, 0.29) is 25.2 Å². The van der Waals surface area contributed by atoms with E-state index in [1.165, 1.54) is 4.90 Å². The fourth-order valence-electron chi connectivity index (χ4n) is 1.73. The van der Waals surface area contributed by atoms with E-state index in [1.54, 1.807) is 6.92 Å². The summed E-state index contributed by atoms with van der Waals surface area (Å²) in [7, 11) is 0. The molecule has 0 aromatic heterocycles. The number of amides is 1. The van der Waals surface area contributed by atoms with Gasteiger partial charge in [0.05, 0.1) is 12.7 Å². The summed E-state index contributed by atoms with van der Waals surface area (Å²) in [5, 5.41) is 0. The molecule has 0 spiro atoms. The SMILES string of the molecule is CCOC(=O)CN(Cc1ccccc1)C(=O)COC(C)C. The molecule has 116 valence electrons. The molecule has 1 rings (SSSR count). The van der Waals surface area contributed by atoms with Gasteiger partial charge in [0.1, 0.15) is 13.2 Å². The van der Waals surface area contributed by atoms with E-state index in [0.717, 1.165) is 5.56 Å². The van der Waals surface area contributed by atoms with Crippen LogP contribution >= 0.6 is 0 Å². The van der Waals surface area contributed by atoms with Crippen LogP contribution in [0, 0.1) is 0 Å². The number of esters is 1. The van der Waals surface area contributed by atoms with Gasteiger partial charge in [-0.05, 0) is 26.3 Å². The lowest BCUT2D eigenvalue weighted by atomic mass is 10.2. The third-order valence-corrected chi connectivity index (χ3v) is 2.73. The van der Waals surface area contributed by atoms with E-state index in [2.05, 4.69) is 0 Å². The summed E-state index contributed by atoms with van der Waals surface area (Å²) in [5.74, 6) is -0.632. The third-order valence-electron chi connectivity index (χ3n) is 2.73. The standard InChI is InChI=1S/C16H23NO4/c1-4-20-16(19)11-17(15(18)12-21-13(2)3)10-14-8-6-5-7-9-14/h5-9,13H,4,10-12H2,1-3H3. The number of benzene rings is 1. The van der Waals surface area contributed by atoms with E-state index in [4.69, 9.17) is 9.47 Å². The van der Waals surface area contributed by atoms with Gasteiger partial charge in [-0.25, -0.2) is 0 Å². The average molecular weight is 293 g/mol. The maximum Gasteiger partial charge on any atom is 0.325 e. The molecular formula is C16H23NO4. The molecule has 0 aliphatic heterocycles. The Morgan fingerprint density at radius 2 is 1.86 bits per heavy atom. The molecule has 5 nitrogen and oxygen atoms in total. The van der Waals surface area contributed by atoms with Gasteiger partial charge in [-0.3, -0.25) is 9.59 Å². The molecule has 1 amide bonds. The van der Waals surface area contributed by atoms with Crippen molar-refractivity contribution in [2.75, 3.05) is 19.8 Å². The summed E-state index contributed by atoms with van der Waals surface area (Å²) >= 11 is 0. The highest BCUT2D eigenvalue weighted by molar-refractivity contribution is 5.82. The summed E-state index contributed by atoms with van der Waals surface area (Å²) < 4.78 is 10.2. The Labute approximate surface area is 125 Å². The highest BCUT2D eigenvalue weighted by Crippen LogP contribution is 2.06. The van der Waals surface area contributed by atoms with Crippen LogP contribution < -0.4 is 0 Å². The van der Waals surface area contributed by atoms with Crippen LogP contribution in [0.15, 0.2) is 30.3 Å². The van der Waals surface area contributed by atoms with Gasteiger partial charge in [0.2, 0.25) is 5.91 Å². The van der Waals surface area contributed by atoms with Crippen LogP contribution in [0.2, 0.25) is 0 Å². The van der Waals surface area contributed by atoms with Gasteiger partial charge in [-0.15, -0.1) is 0 Å². The van der Waals surface area contributed by atoms with Gasteiger partial charge in [-0.2, -0.15) is 0 Å². The molecule has 0 aliphatic carbocycles. The molecule has 0 saturated carbocycles. The van der Waals surface area contributed by atoms with Crippen molar-refractivity contribution in [3.8, 4) is 0 Å². The molecule has 0 atom stereocenters. The van der Waals surface area contributed by atoms with Crippen LogP contribution in [0.25, 0.3) is 0 Å². The van der Waals surface area contributed by atoms with Crippen molar-refractivity contribution in [1.82, 2.24) is 4.90 Å². The number of rotatable bonds is 8. The van der Waals surface area contributed by atoms with Gasteiger partial charge in [0, 0.05) is 6.54 Å². The second-order valence-electron chi connectivity index (χ2n) is 4.90. The van der Waals surface area contributed by atoms with E-state index in [9.17, 15) is 9.59 Å². The van der Waals surface area contributed by atoms with E-state index in [0.29, 0.717) is 13.2 Å². The second-order valence-corrected chi connectivity index (χ2v) is 4.90. The smallest absolute Gasteiger partial charge is 0.325 e. The van der Waals surface area contributed by atoms with Crippen LogP contribution in [-0.4, -0.2) is 42.6 Å². The highest BCUT2D eigenvalue weighted by atomic mass is 16.5. The zero-order valence-corrected chi connectivity index (χ0v) is 12.9. The summed E-state index contributed by atoms with van der Waals surface area (Å²) in [4.78, 5) is 25.3. The fourth-order valence-corrected chi connectivity index (χ4v) is 1.73. The minimum Gasteiger partial charge on any atom is -0.465 e. The zero-order valence-electron chi connectivity index (χ0n) is 12.9. The number of carbonyl (C=O) groups excluding carboxylic acids is 2. The molecule has 21 heavy (non-hydrogen) atoms. The first-order chi connectivity index (χ1) is 10.0. The lowest BCUT2D eigenvalue weighted by Gasteiger charge is -2.22. The minimum atomic E-state index is -0.411. The largest absolute Gasteiger partial charge is 0.465 e.